The first-order chi connectivity index (χ1) is 11.1. The molecule has 0 aliphatic carbocycles. The van der Waals surface area contributed by atoms with E-state index in [4.69, 9.17) is 9.47 Å². The van der Waals surface area contributed by atoms with Gasteiger partial charge in [-0.25, -0.2) is 8.78 Å². The minimum atomic E-state index is -2.77. The molecule has 6 nitrogen and oxygen atoms in total. The maximum Gasteiger partial charge on any atom is 0.284 e. The number of nitrogens with one attached hydrogen (secondary N) is 2. The minimum absolute atomic E-state index is 0.00543. The van der Waals surface area contributed by atoms with Gasteiger partial charge in [-0.05, 0) is 19.1 Å². The van der Waals surface area contributed by atoms with Gasteiger partial charge >= 0.3 is 0 Å². The number of anilines is 1. The van der Waals surface area contributed by atoms with Gasteiger partial charge in [-0.15, -0.1) is 0 Å². The van der Waals surface area contributed by atoms with Crippen LogP contribution in [-0.2, 0) is 9.53 Å². The van der Waals surface area contributed by atoms with Gasteiger partial charge in [0, 0.05) is 0 Å². The number of halogens is 2. The monoisotopic (exact) mass is 325 g/mol. The first kappa shape index (κ1) is 16.9. The molecule has 124 valence electrons. The van der Waals surface area contributed by atoms with Crippen LogP contribution in [0.2, 0.25) is 0 Å². The molecule has 23 heavy (non-hydrogen) atoms. The predicted molar refractivity (Wildman–Crippen MR) is 79.7 cm³/mol. The van der Waals surface area contributed by atoms with Crippen molar-refractivity contribution >= 4 is 11.6 Å². The fourth-order valence-corrected chi connectivity index (χ4v) is 1.84. The maximum atomic E-state index is 12.7. The topological polar surface area (TPSA) is 76.2 Å². The lowest BCUT2D eigenvalue weighted by Crippen LogP contribution is -2.21. The minimum Gasteiger partial charge on any atom is -0.491 e. The van der Waals surface area contributed by atoms with Gasteiger partial charge in [-0.2, -0.15) is 5.10 Å². The second-order valence-electron chi connectivity index (χ2n) is 4.67. The highest BCUT2D eigenvalue weighted by Gasteiger charge is 2.20. The molecule has 0 radical (unpaired) electrons. The predicted octanol–water partition coefficient (Wildman–Crippen LogP) is 2.69. The summed E-state index contributed by atoms with van der Waals surface area (Å²) in [5.74, 6) is 0.173. The fraction of sp³-hybridized carbons (Fsp3) is 0.333. The number of hydrogen-bond donors (Lipinski definition) is 2. The maximum absolute atomic E-state index is 12.7. The number of carbonyl (C=O) groups is 1. The lowest BCUT2D eigenvalue weighted by molar-refractivity contribution is -0.120. The van der Waals surface area contributed by atoms with Crippen LogP contribution in [0.5, 0.6) is 5.75 Å². The van der Waals surface area contributed by atoms with Crippen molar-refractivity contribution in [2.24, 2.45) is 0 Å². The Morgan fingerprint density at radius 3 is 2.74 bits per heavy atom. The number of H-pyrrole nitrogens is 1. The quantitative estimate of drug-likeness (QED) is 0.732. The number of alkyl halides is 2. The molecule has 0 saturated carbocycles. The Bertz CT molecular complexity index is 632. The first-order valence-corrected chi connectivity index (χ1v) is 6.96. The van der Waals surface area contributed by atoms with Crippen molar-refractivity contribution in [3.8, 4) is 5.75 Å². The Morgan fingerprint density at radius 1 is 1.30 bits per heavy atom. The standard InChI is InChI=1S/C15H17F2N3O3/c1-10-13(14(15(16)17)20-19-10)18-12(21)9-22-7-8-23-11-5-3-2-4-6-11/h2-6,15H,7-9H2,1H3,(H,18,21)(H,19,20). The fourth-order valence-electron chi connectivity index (χ4n) is 1.84. The number of benzene rings is 1. The van der Waals surface area contributed by atoms with E-state index >= 15 is 0 Å². The number of ether oxygens (including phenoxy) is 2. The molecular weight excluding hydrogens is 308 g/mol. The van der Waals surface area contributed by atoms with E-state index in [9.17, 15) is 13.6 Å². The third-order valence-electron chi connectivity index (χ3n) is 2.92. The summed E-state index contributed by atoms with van der Waals surface area (Å²) in [5, 5.41) is 8.24. The van der Waals surface area contributed by atoms with Gasteiger partial charge in [-0.1, -0.05) is 18.2 Å². The highest BCUT2D eigenvalue weighted by molar-refractivity contribution is 5.92. The molecule has 0 fully saturated rings. The molecule has 0 unspecified atom stereocenters. The Balaban J connectivity index is 1.70. The SMILES string of the molecule is Cc1[nH]nc(C(F)F)c1NC(=O)COCCOc1ccccc1. The average Bonchev–Trinajstić information content (AvgIpc) is 2.89. The normalized spacial score (nSPS) is 10.8. The second-order valence-corrected chi connectivity index (χ2v) is 4.67. The lowest BCUT2D eigenvalue weighted by Gasteiger charge is -2.08. The summed E-state index contributed by atoms with van der Waals surface area (Å²) in [5.41, 5.74) is -0.126. The van der Waals surface area contributed by atoms with Crippen molar-refractivity contribution in [2.45, 2.75) is 13.3 Å². The zero-order chi connectivity index (χ0) is 16.7. The van der Waals surface area contributed by atoms with E-state index in [1.165, 1.54) is 0 Å². The second kappa shape index (κ2) is 8.23. The summed E-state index contributed by atoms with van der Waals surface area (Å²) in [6.45, 7) is 1.77. The van der Waals surface area contributed by atoms with Crippen molar-refractivity contribution in [2.75, 3.05) is 25.1 Å². The smallest absolute Gasteiger partial charge is 0.284 e. The summed E-state index contributed by atoms with van der Waals surface area (Å²) in [7, 11) is 0. The van der Waals surface area contributed by atoms with E-state index in [0.29, 0.717) is 11.4 Å². The Labute approximate surface area is 131 Å². The summed E-state index contributed by atoms with van der Waals surface area (Å²) in [6, 6.07) is 9.18. The van der Waals surface area contributed by atoms with E-state index in [1.807, 2.05) is 18.2 Å². The first-order valence-electron chi connectivity index (χ1n) is 6.96. The number of nitrogens with zero attached hydrogens (tertiary/aromatic N) is 1. The molecule has 2 N–H and O–H groups in total. The van der Waals surface area contributed by atoms with Crippen LogP contribution < -0.4 is 10.1 Å². The van der Waals surface area contributed by atoms with Gasteiger partial charge in [0.2, 0.25) is 5.91 Å². The summed E-state index contributed by atoms with van der Waals surface area (Å²) in [6.07, 6.45) is -2.77. The molecular formula is C15H17F2N3O3. The van der Waals surface area contributed by atoms with Crippen molar-refractivity contribution in [3.05, 3.63) is 41.7 Å². The third-order valence-corrected chi connectivity index (χ3v) is 2.92. The van der Waals surface area contributed by atoms with Gasteiger partial charge in [0.15, 0.2) is 5.69 Å². The van der Waals surface area contributed by atoms with Crippen LogP contribution in [0.4, 0.5) is 14.5 Å². The molecule has 2 aromatic rings. The van der Waals surface area contributed by atoms with Crippen LogP contribution in [0.3, 0.4) is 0 Å². The number of aromatic amines is 1. The zero-order valence-corrected chi connectivity index (χ0v) is 12.5. The largest absolute Gasteiger partial charge is 0.491 e. The number of carbonyl (C=O) groups excluding carboxylic acids is 1. The number of para-hydroxylation sites is 1. The summed E-state index contributed by atoms with van der Waals surface area (Å²) < 4.78 is 36.0. The molecule has 1 heterocycles. The Kier molecular flexibility index (Phi) is 6.04. The molecule has 1 amide bonds. The number of hydrogen-bond acceptors (Lipinski definition) is 4. The molecule has 8 heteroatoms. The molecule has 1 aromatic carbocycles. The number of aryl methyl sites for hydroxylation is 1. The van der Waals surface area contributed by atoms with Crippen LogP contribution >= 0.6 is 0 Å². The van der Waals surface area contributed by atoms with Crippen LogP contribution in [0.1, 0.15) is 17.8 Å². The molecule has 0 bridgehead atoms. The highest BCUT2D eigenvalue weighted by atomic mass is 19.3. The molecule has 2 rings (SSSR count). The number of amides is 1. The molecule has 0 aliphatic rings. The van der Waals surface area contributed by atoms with Gasteiger partial charge < -0.3 is 14.8 Å². The summed E-state index contributed by atoms with van der Waals surface area (Å²) in [4.78, 5) is 11.7. The molecule has 1 aromatic heterocycles. The third kappa shape index (κ3) is 5.03. The highest BCUT2D eigenvalue weighted by Crippen LogP contribution is 2.27. The molecule has 0 aliphatic heterocycles. The van der Waals surface area contributed by atoms with E-state index in [1.54, 1.807) is 19.1 Å². The summed E-state index contributed by atoms with van der Waals surface area (Å²) >= 11 is 0. The van der Waals surface area contributed by atoms with Gasteiger partial charge in [-0.3, -0.25) is 9.89 Å². The van der Waals surface area contributed by atoms with Gasteiger partial charge in [0.05, 0.1) is 18.0 Å². The van der Waals surface area contributed by atoms with E-state index in [0.717, 1.165) is 0 Å². The Hall–Kier alpha value is -2.48. The van der Waals surface area contributed by atoms with Gasteiger partial charge in [0.1, 0.15) is 19.0 Å². The number of aromatic nitrogens is 2. The zero-order valence-electron chi connectivity index (χ0n) is 12.5. The van der Waals surface area contributed by atoms with E-state index in [-0.39, 0.29) is 25.5 Å². The van der Waals surface area contributed by atoms with Gasteiger partial charge in [0.25, 0.3) is 6.43 Å². The molecule has 0 atom stereocenters. The van der Waals surface area contributed by atoms with Crippen LogP contribution in [0.25, 0.3) is 0 Å². The van der Waals surface area contributed by atoms with E-state index < -0.39 is 18.0 Å². The Morgan fingerprint density at radius 2 is 2.04 bits per heavy atom. The van der Waals surface area contributed by atoms with Crippen LogP contribution in [0.15, 0.2) is 30.3 Å². The number of rotatable bonds is 8. The molecule has 0 saturated heterocycles. The van der Waals surface area contributed by atoms with Crippen molar-refractivity contribution < 1.29 is 23.0 Å². The molecule has 0 spiro atoms. The van der Waals surface area contributed by atoms with Crippen molar-refractivity contribution in [1.29, 1.82) is 0 Å². The lowest BCUT2D eigenvalue weighted by atomic mass is 10.3. The van der Waals surface area contributed by atoms with Crippen LogP contribution in [0, 0.1) is 6.92 Å². The van der Waals surface area contributed by atoms with Crippen molar-refractivity contribution in [1.82, 2.24) is 10.2 Å². The van der Waals surface area contributed by atoms with Crippen molar-refractivity contribution in [3.63, 3.8) is 0 Å². The van der Waals surface area contributed by atoms with Crippen LogP contribution in [-0.4, -0.2) is 35.9 Å². The van der Waals surface area contributed by atoms with E-state index in [2.05, 4.69) is 15.5 Å². The average molecular weight is 325 g/mol.